The van der Waals surface area contributed by atoms with E-state index < -0.39 is 12.7 Å². The summed E-state index contributed by atoms with van der Waals surface area (Å²) in [6.45, 7) is 0.650. The molecule has 2 unspecified atom stereocenters. The van der Waals surface area contributed by atoms with Crippen LogP contribution >= 0.6 is 0 Å². The van der Waals surface area contributed by atoms with Crippen molar-refractivity contribution >= 4 is 5.91 Å². The monoisotopic (exact) mass is 286 g/mol. The number of alkyl halides is 2. The number of ether oxygens (including phenoxy) is 1. The number of amides is 1. The van der Waals surface area contributed by atoms with Crippen LogP contribution in [0.2, 0.25) is 0 Å². The fourth-order valence-corrected chi connectivity index (χ4v) is 1.79. The summed E-state index contributed by atoms with van der Waals surface area (Å²) in [4.78, 5) is 11.7. The van der Waals surface area contributed by atoms with Crippen LogP contribution < -0.4 is 15.8 Å². The molecule has 1 aromatic carbocycles. The number of halogens is 2. The van der Waals surface area contributed by atoms with Gasteiger partial charge in [0, 0.05) is 18.0 Å². The van der Waals surface area contributed by atoms with E-state index in [4.69, 9.17) is 5.73 Å². The standard InChI is InChI=1S/C14H20F2N2O2/c1-9(17)7-8-13(19)18-10(2)11-5-3-4-6-12(11)20-14(15)16/h3-6,9-10,14H,7-8,17H2,1-2H3,(H,18,19). The van der Waals surface area contributed by atoms with Crippen molar-refractivity contribution in [2.45, 2.75) is 45.4 Å². The molecule has 0 spiro atoms. The van der Waals surface area contributed by atoms with Crippen LogP contribution in [0.4, 0.5) is 8.78 Å². The Kier molecular flexibility index (Phi) is 6.38. The van der Waals surface area contributed by atoms with Crippen LogP contribution in [0.5, 0.6) is 5.75 Å². The quantitative estimate of drug-likeness (QED) is 0.809. The van der Waals surface area contributed by atoms with E-state index in [-0.39, 0.29) is 17.7 Å². The molecule has 1 rings (SSSR count). The van der Waals surface area contributed by atoms with Crippen molar-refractivity contribution in [1.29, 1.82) is 0 Å². The first kappa shape index (κ1) is 16.4. The minimum absolute atomic E-state index is 0.0505. The number of carbonyl (C=O) groups excluding carboxylic acids is 1. The van der Waals surface area contributed by atoms with Crippen molar-refractivity contribution in [1.82, 2.24) is 5.32 Å². The Hall–Kier alpha value is -1.69. The molecule has 0 fully saturated rings. The highest BCUT2D eigenvalue weighted by atomic mass is 19.3. The van der Waals surface area contributed by atoms with E-state index in [0.717, 1.165) is 0 Å². The average Bonchev–Trinajstić information content (AvgIpc) is 2.36. The number of hydrogen-bond donors (Lipinski definition) is 2. The Morgan fingerprint density at radius 3 is 2.60 bits per heavy atom. The van der Waals surface area contributed by atoms with Crippen LogP contribution in [0.1, 0.15) is 38.3 Å². The largest absolute Gasteiger partial charge is 0.434 e. The summed E-state index contributed by atoms with van der Waals surface area (Å²) in [6, 6.07) is 5.95. The van der Waals surface area contributed by atoms with Gasteiger partial charge in [-0.2, -0.15) is 8.78 Å². The fraction of sp³-hybridized carbons (Fsp3) is 0.500. The molecule has 1 amide bonds. The lowest BCUT2D eigenvalue weighted by Gasteiger charge is -2.18. The zero-order chi connectivity index (χ0) is 15.1. The lowest BCUT2D eigenvalue weighted by molar-refractivity contribution is -0.121. The normalized spacial score (nSPS) is 13.9. The Balaban J connectivity index is 2.67. The van der Waals surface area contributed by atoms with Gasteiger partial charge in [0.05, 0.1) is 6.04 Å². The lowest BCUT2D eigenvalue weighted by atomic mass is 10.1. The van der Waals surface area contributed by atoms with E-state index in [1.807, 2.05) is 6.92 Å². The van der Waals surface area contributed by atoms with Gasteiger partial charge in [-0.3, -0.25) is 4.79 Å². The minimum atomic E-state index is -2.89. The van der Waals surface area contributed by atoms with Crippen LogP contribution in [0.15, 0.2) is 24.3 Å². The first-order valence-corrected chi connectivity index (χ1v) is 6.48. The molecule has 0 aromatic heterocycles. The Labute approximate surface area is 117 Å². The van der Waals surface area contributed by atoms with Gasteiger partial charge in [-0.15, -0.1) is 0 Å². The van der Waals surface area contributed by atoms with Gasteiger partial charge in [0.25, 0.3) is 0 Å². The first-order chi connectivity index (χ1) is 9.40. The predicted molar refractivity (Wildman–Crippen MR) is 72.5 cm³/mol. The average molecular weight is 286 g/mol. The van der Waals surface area contributed by atoms with Crippen molar-refractivity contribution < 1.29 is 18.3 Å². The van der Waals surface area contributed by atoms with E-state index in [2.05, 4.69) is 10.1 Å². The van der Waals surface area contributed by atoms with E-state index in [0.29, 0.717) is 18.4 Å². The molecule has 112 valence electrons. The summed E-state index contributed by atoms with van der Waals surface area (Å²) in [5.74, 6) is -0.0934. The van der Waals surface area contributed by atoms with Crippen molar-refractivity contribution in [3.05, 3.63) is 29.8 Å². The van der Waals surface area contributed by atoms with E-state index in [9.17, 15) is 13.6 Å². The van der Waals surface area contributed by atoms with Crippen LogP contribution in [-0.2, 0) is 4.79 Å². The summed E-state index contributed by atoms with van der Waals surface area (Å²) >= 11 is 0. The number of para-hydroxylation sites is 1. The van der Waals surface area contributed by atoms with Crippen molar-refractivity contribution in [2.75, 3.05) is 0 Å². The molecule has 0 saturated carbocycles. The summed E-state index contributed by atoms with van der Waals surface area (Å²) in [7, 11) is 0. The van der Waals surface area contributed by atoms with Gasteiger partial charge in [0.2, 0.25) is 5.91 Å². The topological polar surface area (TPSA) is 64.4 Å². The molecule has 4 nitrogen and oxygen atoms in total. The van der Waals surface area contributed by atoms with Crippen LogP contribution in [-0.4, -0.2) is 18.6 Å². The highest BCUT2D eigenvalue weighted by molar-refractivity contribution is 5.76. The first-order valence-electron chi connectivity index (χ1n) is 6.48. The maximum absolute atomic E-state index is 12.3. The van der Waals surface area contributed by atoms with Gasteiger partial charge in [-0.25, -0.2) is 0 Å². The summed E-state index contributed by atoms with van der Waals surface area (Å²) in [6.07, 6.45) is 0.883. The van der Waals surface area contributed by atoms with Crippen LogP contribution in [0.3, 0.4) is 0 Å². The molecule has 6 heteroatoms. The zero-order valence-electron chi connectivity index (χ0n) is 11.6. The van der Waals surface area contributed by atoms with Crippen molar-refractivity contribution in [2.24, 2.45) is 5.73 Å². The number of benzene rings is 1. The number of nitrogens with two attached hydrogens (primary N) is 1. The molecule has 1 aromatic rings. The Morgan fingerprint density at radius 2 is 2.00 bits per heavy atom. The van der Waals surface area contributed by atoms with E-state index >= 15 is 0 Å². The highest BCUT2D eigenvalue weighted by Crippen LogP contribution is 2.26. The third kappa shape index (κ3) is 5.52. The number of carbonyl (C=O) groups is 1. The van der Waals surface area contributed by atoms with Gasteiger partial charge in [0.15, 0.2) is 0 Å². The second-order valence-corrected chi connectivity index (χ2v) is 4.72. The smallest absolute Gasteiger partial charge is 0.387 e. The Bertz CT molecular complexity index is 439. The molecular weight excluding hydrogens is 266 g/mol. The Morgan fingerprint density at radius 1 is 1.35 bits per heavy atom. The molecule has 0 aliphatic carbocycles. The van der Waals surface area contributed by atoms with Crippen molar-refractivity contribution in [3.63, 3.8) is 0 Å². The van der Waals surface area contributed by atoms with Crippen LogP contribution in [0, 0.1) is 0 Å². The summed E-state index contributed by atoms with van der Waals surface area (Å²) in [5, 5.41) is 2.75. The predicted octanol–water partition coefficient (Wildman–Crippen LogP) is 2.59. The second-order valence-electron chi connectivity index (χ2n) is 4.72. The highest BCUT2D eigenvalue weighted by Gasteiger charge is 2.16. The van der Waals surface area contributed by atoms with Crippen LogP contribution in [0.25, 0.3) is 0 Å². The SMILES string of the molecule is CC(N)CCC(=O)NC(C)c1ccccc1OC(F)F. The van der Waals surface area contributed by atoms with E-state index in [1.54, 1.807) is 25.1 Å². The number of nitrogens with one attached hydrogen (secondary N) is 1. The number of rotatable bonds is 7. The molecule has 0 aliphatic heterocycles. The van der Waals surface area contributed by atoms with Gasteiger partial charge < -0.3 is 15.8 Å². The maximum atomic E-state index is 12.3. The van der Waals surface area contributed by atoms with Crippen molar-refractivity contribution in [3.8, 4) is 5.75 Å². The second kappa shape index (κ2) is 7.79. The minimum Gasteiger partial charge on any atom is -0.434 e. The molecule has 0 heterocycles. The molecule has 0 bridgehead atoms. The molecular formula is C14H20F2N2O2. The van der Waals surface area contributed by atoms with Gasteiger partial charge >= 0.3 is 6.61 Å². The van der Waals surface area contributed by atoms with E-state index in [1.165, 1.54) is 6.07 Å². The van der Waals surface area contributed by atoms with Gasteiger partial charge in [-0.1, -0.05) is 18.2 Å². The third-order valence-corrected chi connectivity index (χ3v) is 2.81. The molecule has 2 atom stereocenters. The summed E-state index contributed by atoms with van der Waals surface area (Å²) < 4.78 is 29.1. The third-order valence-electron chi connectivity index (χ3n) is 2.81. The zero-order valence-corrected chi connectivity index (χ0v) is 11.6. The molecule has 0 aliphatic rings. The maximum Gasteiger partial charge on any atom is 0.387 e. The summed E-state index contributed by atoms with van der Waals surface area (Å²) in [5.41, 5.74) is 6.09. The molecule has 0 radical (unpaired) electrons. The van der Waals surface area contributed by atoms with Gasteiger partial charge in [0.1, 0.15) is 5.75 Å². The molecule has 20 heavy (non-hydrogen) atoms. The lowest BCUT2D eigenvalue weighted by Crippen LogP contribution is -2.28. The number of hydrogen-bond acceptors (Lipinski definition) is 3. The molecule has 3 N–H and O–H groups in total. The van der Waals surface area contributed by atoms with Gasteiger partial charge in [-0.05, 0) is 26.3 Å². The fourth-order valence-electron chi connectivity index (χ4n) is 1.79. The molecule has 0 saturated heterocycles.